The molecule has 100 valence electrons. The van der Waals surface area contributed by atoms with Crippen molar-refractivity contribution in [2.24, 2.45) is 0 Å². The molecule has 0 aromatic heterocycles. The zero-order valence-corrected chi connectivity index (χ0v) is 12.6. The number of nitrogens with zero attached hydrogens (tertiary/aromatic N) is 1. The molecule has 1 fully saturated rings. The van der Waals surface area contributed by atoms with Gasteiger partial charge in [0.25, 0.3) is 0 Å². The van der Waals surface area contributed by atoms with Crippen LogP contribution >= 0.6 is 0 Å². The van der Waals surface area contributed by atoms with Gasteiger partial charge in [-0.15, -0.1) is 5.54 Å². The average Bonchev–Trinajstić information content (AvgIpc) is 2.71. The summed E-state index contributed by atoms with van der Waals surface area (Å²) in [7, 11) is -1.39. The Morgan fingerprint density at radius 1 is 1.32 bits per heavy atom. The number of hydrogen-bond donors (Lipinski definition) is 0. The minimum atomic E-state index is -1.39. The molecule has 19 heavy (non-hydrogen) atoms. The highest BCUT2D eigenvalue weighted by Crippen LogP contribution is 2.26. The van der Waals surface area contributed by atoms with E-state index in [4.69, 9.17) is 4.74 Å². The molecular weight excluding hydrogens is 254 g/mol. The SMILES string of the molecule is C[Si](C)(C)C#CCN1C(=O)OC[C@H]1c1ccccc1. The van der Waals surface area contributed by atoms with E-state index >= 15 is 0 Å². The Bertz CT molecular complexity index is 510. The molecule has 0 bridgehead atoms. The third kappa shape index (κ3) is 3.61. The summed E-state index contributed by atoms with van der Waals surface area (Å²) in [5.74, 6) is 3.13. The lowest BCUT2D eigenvalue weighted by Gasteiger charge is -2.19. The molecule has 2 rings (SSSR count). The summed E-state index contributed by atoms with van der Waals surface area (Å²) >= 11 is 0. The van der Waals surface area contributed by atoms with E-state index < -0.39 is 8.07 Å². The van der Waals surface area contributed by atoms with Gasteiger partial charge in [-0.25, -0.2) is 4.79 Å². The molecule has 0 saturated carbocycles. The van der Waals surface area contributed by atoms with Crippen molar-refractivity contribution in [3.05, 3.63) is 35.9 Å². The van der Waals surface area contributed by atoms with Crippen LogP contribution in [0.4, 0.5) is 4.79 Å². The number of ether oxygens (including phenoxy) is 1. The Kier molecular flexibility index (Phi) is 3.96. The fraction of sp³-hybridized carbons (Fsp3) is 0.400. The molecule has 1 amide bonds. The van der Waals surface area contributed by atoms with Crippen molar-refractivity contribution in [3.8, 4) is 11.5 Å². The van der Waals surface area contributed by atoms with Gasteiger partial charge in [-0.3, -0.25) is 4.90 Å². The Morgan fingerprint density at radius 3 is 2.63 bits per heavy atom. The second-order valence-corrected chi connectivity index (χ2v) is 10.4. The van der Waals surface area contributed by atoms with Gasteiger partial charge < -0.3 is 4.74 Å². The molecule has 1 aliphatic heterocycles. The molecule has 1 aromatic carbocycles. The van der Waals surface area contributed by atoms with Gasteiger partial charge in [0.05, 0.1) is 12.6 Å². The molecule has 0 unspecified atom stereocenters. The summed E-state index contributed by atoms with van der Waals surface area (Å²) in [4.78, 5) is 13.5. The second-order valence-electron chi connectivity index (χ2n) is 5.68. The van der Waals surface area contributed by atoms with Crippen molar-refractivity contribution < 1.29 is 9.53 Å². The summed E-state index contributed by atoms with van der Waals surface area (Å²) in [6, 6.07) is 9.95. The molecule has 0 radical (unpaired) electrons. The van der Waals surface area contributed by atoms with Crippen molar-refractivity contribution in [1.82, 2.24) is 4.90 Å². The smallest absolute Gasteiger partial charge is 0.411 e. The van der Waals surface area contributed by atoms with Gasteiger partial charge in [-0.05, 0) is 5.56 Å². The molecule has 0 N–H and O–H groups in total. The average molecular weight is 273 g/mol. The molecule has 0 spiro atoms. The van der Waals surface area contributed by atoms with E-state index in [1.165, 1.54) is 0 Å². The van der Waals surface area contributed by atoms with E-state index in [0.717, 1.165) is 5.56 Å². The summed E-state index contributed by atoms with van der Waals surface area (Å²) < 4.78 is 5.15. The fourth-order valence-electron chi connectivity index (χ4n) is 1.97. The summed E-state index contributed by atoms with van der Waals surface area (Å²) in [6.07, 6.45) is -0.265. The lowest BCUT2D eigenvalue weighted by atomic mass is 10.1. The van der Waals surface area contributed by atoms with Crippen molar-refractivity contribution in [2.75, 3.05) is 13.2 Å². The van der Waals surface area contributed by atoms with Crippen LogP contribution in [0.15, 0.2) is 30.3 Å². The molecule has 4 heteroatoms. The first-order chi connectivity index (χ1) is 8.97. The van der Waals surface area contributed by atoms with Gasteiger partial charge in [0.1, 0.15) is 14.7 Å². The maximum absolute atomic E-state index is 11.8. The van der Waals surface area contributed by atoms with Crippen molar-refractivity contribution in [1.29, 1.82) is 0 Å². The molecule has 3 nitrogen and oxygen atoms in total. The normalized spacial score (nSPS) is 18.8. The quantitative estimate of drug-likeness (QED) is 0.612. The number of hydrogen-bond acceptors (Lipinski definition) is 2. The molecule has 1 saturated heterocycles. The third-order valence-corrected chi connectivity index (χ3v) is 3.80. The van der Waals surface area contributed by atoms with E-state index in [-0.39, 0.29) is 12.1 Å². The van der Waals surface area contributed by atoms with Crippen LogP contribution in [-0.4, -0.2) is 32.2 Å². The van der Waals surface area contributed by atoms with Gasteiger partial charge in [0, 0.05) is 0 Å². The van der Waals surface area contributed by atoms with Gasteiger partial charge in [-0.2, -0.15) is 0 Å². The van der Waals surface area contributed by atoms with Crippen LogP contribution in [0.1, 0.15) is 11.6 Å². The minimum absolute atomic E-state index is 0.00960. The lowest BCUT2D eigenvalue weighted by molar-refractivity contribution is 0.161. The highest BCUT2D eigenvalue weighted by atomic mass is 28.3. The number of cyclic esters (lactones) is 1. The Labute approximate surface area is 115 Å². The Morgan fingerprint density at radius 2 is 2.00 bits per heavy atom. The highest BCUT2D eigenvalue weighted by molar-refractivity contribution is 6.83. The topological polar surface area (TPSA) is 29.5 Å². The van der Waals surface area contributed by atoms with E-state index in [9.17, 15) is 4.79 Å². The maximum Gasteiger partial charge on any atom is 0.411 e. The van der Waals surface area contributed by atoms with Crippen LogP contribution in [0.2, 0.25) is 19.6 Å². The zero-order chi connectivity index (χ0) is 13.9. The van der Waals surface area contributed by atoms with E-state index in [0.29, 0.717) is 13.2 Å². The van der Waals surface area contributed by atoms with Crippen LogP contribution in [0.5, 0.6) is 0 Å². The zero-order valence-electron chi connectivity index (χ0n) is 11.6. The predicted molar refractivity (Wildman–Crippen MR) is 78.4 cm³/mol. The Balaban J connectivity index is 2.12. The lowest BCUT2D eigenvalue weighted by Crippen LogP contribution is -2.28. The van der Waals surface area contributed by atoms with Gasteiger partial charge in [-0.1, -0.05) is 55.9 Å². The first-order valence-electron chi connectivity index (χ1n) is 6.46. The number of benzene rings is 1. The maximum atomic E-state index is 11.8. The molecule has 1 aromatic rings. The number of carbonyl (C=O) groups excluding carboxylic acids is 1. The van der Waals surface area contributed by atoms with Gasteiger partial charge in [0.2, 0.25) is 0 Å². The molecule has 1 atom stereocenters. The van der Waals surface area contributed by atoms with E-state index in [1.54, 1.807) is 4.90 Å². The van der Waals surface area contributed by atoms with Crippen LogP contribution in [0, 0.1) is 11.5 Å². The first-order valence-corrected chi connectivity index (χ1v) is 9.96. The van der Waals surface area contributed by atoms with Crippen molar-refractivity contribution in [3.63, 3.8) is 0 Å². The van der Waals surface area contributed by atoms with Crippen molar-refractivity contribution in [2.45, 2.75) is 25.7 Å². The van der Waals surface area contributed by atoms with Crippen LogP contribution < -0.4 is 0 Å². The number of rotatable bonds is 2. The van der Waals surface area contributed by atoms with E-state index in [1.807, 2.05) is 30.3 Å². The number of amides is 1. The summed E-state index contributed by atoms with van der Waals surface area (Å²) in [5, 5.41) is 0. The number of carbonyl (C=O) groups is 1. The standard InChI is InChI=1S/C15H19NO2Si/c1-19(2,3)11-7-10-16-14(12-18-15(16)17)13-8-5-4-6-9-13/h4-6,8-9,14H,10,12H2,1-3H3/t14-/m0/s1. The van der Waals surface area contributed by atoms with Gasteiger partial charge in [0.15, 0.2) is 0 Å². The molecule has 1 aliphatic rings. The molecule has 0 aliphatic carbocycles. The predicted octanol–water partition coefficient (Wildman–Crippen LogP) is 3.06. The molecule has 1 heterocycles. The fourth-order valence-corrected chi connectivity index (χ4v) is 2.58. The van der Waals surface area contributed by atoms with Crippen LogP contribution in [-0.2, 0) is 4.74 Å². The van der Waals surface area contributed by atoms with Crippen LogP contribution in [0.25, 0.3) is 0 Å². The minimum Gasteiger partial charge on any atom is -0.447 e. The largest absolute Gasteiger partial charge is 0.447 e. The third-order valence-electron chi connectivity index (χ3n) is 2.87. The molecular formula is C15H19NO2Si. The second kappa shape index (κ2) is 5.50. The monoisotopic (exact) mass is 273 g/mol. The van der Waals surface area contributed by atoms with Gasteiger partial charge >= 0.3 is 6.09 Å². The van der Waals surface area contributed by atoms with Crippen LogP contribution in [0.3, 0.4) is 0 Å². The summed E-state index contributed by atoms with van der Waals surface area (Å²) in [6.45, 7) is 7.44. The summed E-state index contributed by atoms with van der Waals surface area (Å²) in [5.41, 5.74) is 4.38. The highest BCUT2D eigenvalue weighted by Gasteiger charge is 2.33. The van der Waals surface area contributed by atoms with Crippen molar-refractivity contribution >= 4 is 14.2 Å². The Hall–Kier alpha value is -1.73. The first kappa shape index (κ1) is 13.7. The van der Waals surface area contributed by atoms with E-state index in [2.05, 4.69) is 31.1 Å².